The predicted molar refractivity (Wildman–Crippen MR) is 53.9 cm³/mol. The topological polar surface area (TPSA) is 68.3 Å². The third-order valence-electron chi connectivity index (χ3n) is 1.65. The Morgan fingerprint density at radius 2 is 1.50 bits per heavy atom. The molecule has 0 unspecified atom stereocenters. The Labute approximate surface area is 82.8 Å². The van der Waals surface area contributed by atoms with Crippen LogP contribution in [0.25, 0.3) is 0 Å². The zero-order valence-corrected chi connectivity index (χ0v) is 9.18. The van der Waals surface area contributed by atoms with Crippen LogP contribution in [0, 0.1) is 0 Å². The van der Waals surface area contributed by atoms with E-state index >= 15 is 0 Å². The van der Waals surface area contributed by atoms with Crippen LogP contribution in [-0.2, 0) is 23.5 Å². The van der Waals surface area contributed by atoms with Crippen molar-refractivity contribution >= 4 is 17.7 Å². The number of rotatable bonds is 3. The van der Waals surface area contributed by atoms with E-state index in [1.165, 1.54) is 0 Å². The lowest BCUT2D eigenvalue weighted by molar-refractivity contribution is 0.585. The van der Waals surface area contributed by atoms with Gasteiger partial charge in [-0.05, 0) is 5.56 Å². The van der Waals surface area contributed by atoms with E-state index < -0.39 is 23.5 Å². The molecule has 6 heteroatoms. The van der Waals surface area contributed by atoms with Crippen LogP contribution in [0.15, 0.2) is 30.3 Å². The molecule has 0 fully saturated rings. The van der Waals surface area contributed by atoms with Crippen LogP contribution in [0.2, 0.25) is 0 Å². The third-order valence-corrected chi connectivity index (χ3v) is 6.38. The van der Waals surface area contributed by atoms with Gasteiger partial charge in [0.1, 0.15) is 0 Å². The molecular weight excluding hydrogens is 224 g/mol. The third kappa shape index (κ3) is 2.55. The van der Waals surface area contributed by atoms with Crippen molar-refractivity contribution in [1.82, 2.24) is 0 Å². The van der Waals surface area contributed by atoms with E-state index in [4.69, 9.17) is 0 Å². The van der Waals surface area contributed by atoms with Crippen molar-refractivity contribution in [3.05, 3.63) is 35.9 Å². The van der Waals surface area contributed by atoms with Crippen molar-refractivity contribution in [1.29, 1.82) is 0 Å². The van der Waals surface area contributed by atoms with Gasteiger partial charge in [-0.3, -0.25) is 0 Å². The first-order valence-electron chi connectivity index (χ1n) is 3.79. The predicted octanol–water partition coefficient (Wildman–Crippen LogP) is 0.561. The molecule has 0 atom stereocenters. The second-order valence-electron chi connectivity index (χ2n) is 2.89. The Hall–Kier alpha value is -0.880. The maximum Gasteiger partial charge on any atom is 0.257 e. The van der Waals surface area contributed by atoms with Crippen LogP contribution in [-0.4, -0.2) is 23.1 Å². The molecule has 1 aromatic carbocycles. The fraction of sp³-hybridized carbons (Fsp3) is 0.250. The monoisotopic (exact) mass is 234 g/mol. The van der Waals surface area contributed by atoms with Crippen molar-refractivity contribution < 1.29 is 16.8 Å². The molecule has 78 valence electrons. The molecule has 0 aliphatic rings. The molecule has 14 heavy (non-hydrogen) atoms. The second-order valence-corrected chi connectivity index (χ2v) is 9.04. The first-order chi connectivity index (χ1) is 6.33. The van der Waals surface area contributed by atoms with E-state index in [0.717, 1.165) is 0 Å². The highest BCUT2D eigenvalue weighted by Gasteiger charge is 2.24. The summed E-state index contributed by atoms with van der Waals surface area (Å²) in [5.74, 6) is -0.466. The van der Waals surface area contributed by atoms with E-state index in [9.17, 15) is 16.8 Å². The minimum Gasteiger partial charge on any atom is -0.213 e. The highest BCUT2D eigenvalue weighted by molar-refractivity contribution is 8.66. The summed E-state index contributed by atoms with van der Waals surface area (Å²) in [5.41, 5.74) is 0.470. The van der Waals surface area contributed by atoms with Crippen molar-refractivity contribution in [3.63, 3.8) is 0 Å². The van der Waals surface area contributed by atoms with Gasteiger partial charge in [0.15, 0.2) is 0 Å². The number of hydrogen-bond acceptors (Lipinski definition) is 4. The molecule has 1 rings (SSSR count). The van der Waals surface area contributed by atoms with Crippen molar-refractivity contribution in [2.75, 3.05) is 6.26 Å². The molecule has 0 spiro atoms. The minimum absolute atomic E-state index is 0.466. The summed E-state index contributed by atoms with van der Waals surface area (Å²) < 4.78 is 44.2. The van der Waals surface area contributed by atoms with Gasteiger partial charge in [-0.2, -0.15) is 0 Å². The highest BCUT2D eigenvalue weighted by atomic mass is 33.2. The van der Waals surface area contributed by atoms with Gasteiger partial charge in [0.25, 0.3) is 17.7 Å². The van der Waals surface area contributed by atoms with Gasteiger partial charge in [-0.25, -0.2) is 16.8 Å². The quantitative estimate of drug-likeness (QED) is 0.717. The zero-order valence-electron chi connectivity index (χ0n) is 7.54. The van der Waals surface area contributed by atoms with E-state index in [1.807, 2.05) is 0 Å². The summed E-state index contributed by atoms with van der Waals surface area (Å²) >= 11 is 0. The second kappa shape index (κ2) is 3.70. The average molecular weight is 234 g/mol. The fourth-order valence-corrected chi connectivity index (χ4v) is 2.75. The highest BCUT2D eigenvalue weighted by Crippen LogP contribution is 2.10. The SMILES string of the molecule is CS(=O)(=O)S(=O)(=O)Cc1ccccc1. The summed E-state index contributed by atoms with van der Waals surface area (Å²) in [5, 5.41) is 0. The molecule has 0 saturated carbocycles. The Morgan fingerprint density at radius 3 is 1.93 bits per heavy atom. The maximum absolute atomic E-state index is 11.2. The van der Waals surface area contributed by atoms with Crippen LogP contribution in [0.5, 0.6) is 0 Å². The standard InChI is InChI=1S/C8H10O4S2/c1-13(9,10)14(11,12)7-8-5-3-2-4-6-8/h2-6H,7H2,1H3. The zero-order chi connectivity index (χ0) is 10.8. The molecule has 0 bridgehead atoms. The Balaban J connectivity index is 3.03. The van der Waals surface area contributed by atoms with E-state index in [2.05, 4.69) is 0 Å². The van der Waals surface area contributed by atoms with Gasteiger partial charge in [0.2, 0.25) is 0 Å². The Bertz CT molecular complexity index is 500. The number of hydrogen-bond donors (Lipinski definition) is 0. The summed E-state index contributed by atoms with van der Waals surface area (Å²) in [6.45, 7) is 0. The minimum atomic E-state index is -4.08. The molecule has 0 amide bonds. The van der Waals surface area contributed by atoms with Crippen molar-refractivity contribution in [2.24, 2.45) is 0 Å². The van der Waals surface area contributed by atoms with Gasteiger partial charge < -0.3 is 0 Å². The first kappa shape index (κ1) is 11.2. The average Bonchev–Trinajstić information content (AvgIpc) is 2.03. The summed E-state index contributed by atoms with van der Waals surface area (Å²) in [4.78, 5) is 0. The molecule has 0 heterocycles. The summed E-state index contributed by atoms with van der Waals surface area (Å²) in [6.07, 6.45) is 0.700. The largest absolute Gasteiger partial charge is 0.257 e. The van der Waals surface area contributed by atoms with E-state index in [0.29, 0.717) is 11.8 Å². The Kier molecular flexibility index (Phi) is 2.96. The molecule has 0 N–H and O–H groups in total. The summed E-state index contributed by atoms with van der Waals surface area (Å²) in [6, 6.07) is 8.20. The van der Waals surface area contributed by atoms with Crippen molar-refractivity contribution in [3.8, 4) is 0 Å². The van der Waals surface area contributed by atoms with Gasteiger partial charge in [0.05, 0.1) is 12.0 Å². The summed E-state index contributed by atoms with van der Waals surface area (Å²) in [7, 11) is -8.11. The van der Waals surface area contributed by atoms with E-state index in [1.54, 1.807) is 30.3 Å². The van der Waals surface area contributed by atoms with Crippen LogP contribution in [0.3, 0.4) is 0 Å². The van der Waals surface area contributed by atoms with Crippen LogP contribution < -0.4 is 0 Å². The lowest BCUT2D eigenvalue weighted by Gasteiger charge is -2.01. The lowest BCUT2D eigenvalue weighted by Crippen LogP contribution is -2.15. The maximum atomic E-state index is 11.2. The molecule has 4 nitrogen and oxygen atoms in total. The smallest absolute Gasteiger partial charge is 0.213 e. The van der Waals surface area contributed by atoms with Gasteiger partial charge in [-0.15, -0.1) is 0 Å². The van der Waals surface area contributed by atoms with Gasteiger partial charge in [0, 0.05) is 0 Å². The van der Waals surface area contributed by atoms with Gasteiger partial charge in [-0.1, -0.05) is 30.3 Å². The fourth-order valence-electron chi connectivity index (χ4n) is 0.885. The van der Waals surface area contributed by atoms with Crippen molar-refractivity contribution in [2.45, 2.75) is 5.75 Å². The molecule has 0 saturated heterocycles. The van der Waals surface area contributed by atoms with E-state index in [-0.39, 0.29) is 0 Å². The molecule has 0 aliphatic heterocycles. The van der Waals surface area contributed by atoms with Crippen LogP contribution in [0.1, 0.15) is 5.56 Å². The van der Waals surface area contributed by atoms with Crippen LogP contribution in [0.4, 0.5) is 0 Å². The molecule has 0 aromatic heterocycles. The lowest BCUT2D eigenvalue weighted by atomic mass is 10.2. The van der Waals surface area contributed by atoms with Crippen LogP contribution >= 0.6 is 0 Å². The molecule has 1 aromatic rings. The molecular formula is C8H10O4S2. The molecule has 0 radical (unpaired) electrons. The molecule has 0 aliphatic carbocycles. The number of benzene rings is 1. The Morgan fingerprint density at radius 1 is 1.00 bits per heavy atom. The van der Waals surface area contributed by atoms with Gasteiger partial charge >= 0.3 is 0 Å². The normalized spacial score (nSPS) is 12.6. The first-order valence-corrected chi connectivity index (χ1v) is 7.86.